The molecule has 0 spiro atoms. The number of Topliss-reactive ketones (excluding diaryl/α,β-unsaturated/α-hetero) is 1. The van der Waals surface area contributed by atoms with Crippen LogP contribution in [0.1, 0.15) is 40.0 Å². The highest BCUT2D eigenvalue weighted by atomic mass is 16.6. The van der Waals surface area contributed by atoms with Crippen molar-refractivity contribution in [2.75, 3.05) is 6.61 Å². The molecule has 0 bridgehead atoms. The lowest BCUT2D eigenvalue weighted by molar-refractivity contribution is -0.121. The van der Waals surface area contributed by atoms with Gasteiger partial charge in [0.2, 0.25) is 5.91 Å². The molecule has 6 nitrogen and oxygen atoms in total. The summed E-state index contributed by atoms with van der Waals surface area (Å²) in [5, 5.41) is 2.86. The summed E-state index contributed by atoms with van der Waals surface area (Å²) in [6, 6.07) is -0.652. The zero-order valence-corrected chi connectivity index (χ0v) is 13.5. The van der Waals surface area contributed by atoms with Crippen LogP contribution in [0.5, 0.6) is 0 Å². The van der Waals surface area contributed by atoms with Gasteiger partial charge in [-0.25, -0.2) is 0 Å². The average Bonchev–Trinajstić information content (AvgIpc) is 3.31. The third-order valence-corrected chi connectivity index (χ3v) is 4.21. The molecule has 1 aliphatic heterocycles. The van der Waals surface area contributed by atoms with Gasteiger partial charge in [0, 0.05) is 13.0 Å². The zero-order valence-electron chi connectivity index (χ0n) is 13.5. The number of nitrogens with one attached hydrogen (secondary N) is 1. The Kier molecular flexibility index (Phi) is 5.72. The van der Waals surface area contributed by atoms with E-state index in [1.807, 2.05) is 6.08 Å². The van der Waals surface area contributed by atoms with Crippen LogP contribution in [-0.4, -0.2) is 48.7 Å². The monoisotopic (exact) mass is 310 g/mol. The van der Waals surface area contributed by atoms with Gasteiger partial charge in [-0.15, -0.1) is 0 Å². The average molecular weight is 310 g/mol. The largest absolute Gasteiger partial charge is 0.369 e. The van der Waals surface area contributed by atoms with Crippen LogP contribution in [0.4, 0.5) is 0 Å². The fourth-order valence-corrected chi connectivity index (χ4v) is 2.83. The number of ether oxygens (including phenoxy) is 2. The van der Waals surface area contributed by atoms with E-state index in [-0.39, 0.29) is 42.1 Å². The molecule has 0 saturated carbocycles. The number of nitrogens with two attached hydrogens (primary N) is 1. The quantitative estimate of drug-likeness (QED) is 0.675. The molecule has 2 rings (SSSR count). The van der Waals surface area contributed by atoms with Gasteiger partial charge in [-0.2, -0.15) is 0 Å². The Labute approximate surface area is 131 Å². The fraction of sp³-hybridized carbons (Fsp3) is 0.750. The molecule has 1 heterocycles. The van der Waals surface area contributed by atoms with Crippen LogP contribution in [0.2, 0.25) is 0 Å². The maximum Gasteiger partial charge on any atom is 0.217 e. The van der Waals surface area contributed by atoms with Crippen molar-refractivity contribution in [1.29, 1.82) is 0 Å². The third kappa shape index (κ3) is 4.15. The number of carbonyl (C=O) groups excluding carboxylic acids is 2. The zero-order chi connectivity index (χ0) is 16.3. The van der Waals surface area contributed by atoms with Crippen LogP contribution >= 0.6 is 0 Å². The molecule has 124 valence electrons. The lowest BCUT2D eigenvalue weighted by Gasteiger charge is -2.36. The van der Waals surface area contributed by atoms with Gasteiger partial charge in [0.05, 0.1) is 24.9 Å². The van der Waals surface area contributed by atoms with E-state index >= 15 is 0 Å². The molecule has 1 saturated heterocycles. The molecule has 0 aromatic rings. The van der Waals surface area contributed by atoms with Gasteiger partial charge in [-0.05, 0) is 30.9 Å². The van der Waals surface area contributed by atoms with Crippen molar-refractivity contribution < 1.29 is 19.1 Å². The number of ketones is 1. The minimum absolute atomic E-state index is 0.00475. The van der Waals surface area contributed by atoms with E-state index in [2.05, 4.69) is 19.2 Å². The van der Waals surface area contributed by atoms with Crippen molar-refractivity contribution in [3.8, 4) is 0 Å². The van der Waals surface area contributed by atoms with Gasteiger partial charge < -0.3 is 20.5 Å². The topological polar surface area (TPSA) is 93.9 Å². The second kappa shape index (κ2) is 7.35. The van der Waals surface area contributed by atoms with Gasteiger partial charge in [0.25, 0.3) is 0 Å². The highest BCUT2D eigenvalue weighted by Crippen LogP contribution is 2.27. The van der Waals surface area contributed by atoms with E-state index < -0.39 is 0 Å². The van der Waals surface area contributed by atoms with Crippen LogP contribution in [0.3, 0.4) is 0 Å². The van der Waals surface area contributed by atoms with E-state index in [0.717, 1.165) is 12.8 Å². The molecule has 22 heavy (non-hydrogen) atoms. The van der Waals surface area contributed by atoms with Crippen LogP contribution in [-0.2, 0) is 19.1 Å². The van der Waals surface area contributed by atoms with Crippen molar-refractivity contribution in [1.82, 2.24) is 5.32 Å². The fourth-order valence-electron chi connectivity index (χ4n) is 2.83. The molecule has 1 unspecified atom stereocenters. The molecule has 0 aromatic carbocycles. The third-order valence-electron chi connectivity index (χ3n) is 4.21. The lowest BCUT2D eigenvalue weighted by atomic mass is 9.86. The van der Waals surface area contributed by atoms with Gasteiger partial charge >= 0.3 is 0 Å². The van der Waals surface area contributed by atoms with Crippen molar-refractivity contribution in [2.45, 2.75) is 70.4 Å². The minimum atomic E-state index is -0.379. The first-order valence-corrected chi connectivity index (χ1v) is 8.00. The summed E-state index contributed by atoms with van der Waals surface area (Å²) in [6.07, 6.45) is 3.39. The van der Waals surface area contributed by atoms with E-state index in [1.165, 1.54) is 6.92 Å². The van der Waals surface area contributed by atoms with Gasteiger partial charge in [0.15, 0.2) is 5.78 Å². The first-order chi connectivity index (χ1) is 10.5. The highest BCUT2D eigenvalue weighted by Gasteiger charge is 2.40. The number of carbonyl (C=O) groups is 2. The summed E-state index contributed by atoms with van der Waals surface area (Å²) in [5.41, 5.74) is 6.86. The number of epoxide rings is 1. The second-order valence-corrected chi connectivity index (χ2v) is 6.01. The summed E-state index contributed by atoms with van der Waals surface area (Å²) < 4.78 is 11.2. The van der Waals surface area contributed by atoms with Crippen molar-refractivity contribution in [3.05, 3.63) is 11.6 Å². The van der Waals surface area contributed by atoms with Gasteiger partial charge in [0.1, 0.15) is 6.10 Å². The van der Waals surface area contributed by atoms with E-state index in [0.29, 0.717) is 18.6 Å². The molecule has 3 N–H and O–H groups in total. The summed E-state index contributed by atoms with van der Waals surface area (Å²) in [4.78, 5) is 23.6. The van der Waals surface area contributed by atoms with Crippen LogP contribution < -0.4 is 11.1 Å². The Morgan fingerprint density at radius 3 is 2.59 bits per heavy atom. The molecule has 0 aromatic heterocycles. The van der Waals surface area contributed by atoms with Crippen molar-refractivity contribution in [2.24, 2.45) is 5.73 Å². The molecule has 0 radical (unpaired) electrons. The maximum absolute atomic E-state index is 12.2. The Morgan fingerprint density at radius 2 is 2.09 bits per heavy atom. The Balaban J connectivity index is 2.18. The highest BCUT2D eigenvalue weighted by molar-refractivity contribution is 6.00. The maximum atomic E-state index is 12.2. The second-order valence-electron chi connectivity index (χ2n) is 6.01. The molecule has 4 atom stereocenters. The van der Waals surface area contributed by atoms with Gasteiger partial charge in [-0.1, -0.05) is 13.8 Å². The van der Waals surface area contributed by atoms with E-state index in [4.69, 9.17) is 15.2 Å². The standard InChI is InChI=1S/C16H26N2O4/c1-4-11(5-2)22-13-7-10(16(20)14-8-21-14)6-12(17)15(13)18-9(3)19/h7,11-15H,4-6,8,17H2,1-3H3,(H,18,19)/t12-,13+,14?,15+/m0/s1. The van der Waals surface area contributed by atoms with E-state index in [9.17, 15) is 9.59 Å². The summed E-state index contributed by atoms with van der Waals surface area (Å²) >= 11 is 0. The number of rotatable bonds is 7. The minimum Gasteiger partial charge on any atom is -0.369 e. The molecule has 1 amide bonds. The predicted octanol–water partition coefficient (Wildman–Crippen LogP) is 0.690. The number of hydrogen-bond donors (Lipinski definition) is 2. The van der Waals surface area contributed by atoms with Gasteiger partial charge in [-0.3, -0.25) is 9.59 Å². The van der Waals surface area contributed by atoms with Crippen molar-refractivity contribution in [3.63, 3.8) is 0 Å². The first kappa shape index (κ1) is 17.1. The molecule has 1 aliphatic carbocycles. The van der Waals surface area contributed by atoms with Crippen LogP contribution in [0.15, 0.2) is 11.6 Å². The molecule has 1 fully saturated rings. The number of hydrogen-bond acceptors (Lipinski definition) is 5. The smallest absolute Gasteiger partial charge is 0.217 e. The van der Waals surface area contributed by atoms with Crippen LogP contribution in [0, 0.1) is 0 Å². The predicted molar refractivity (Wildman–Crippen MR) is 82.3 cm³/mol. The Bertz CT molecular complexity index is 455. The van der Waals surface area contributed by atoms with Crippen LogP contribution in [0.25, 0.3) is 0 Å². The molecular formula is C16H26N2O4. The first-order valence-electron chi connectivity index (χ1n) is 8.00. The normalized spacial score (nSPS) is 30.9. The number of amides is 1. The molecule has 2 aliphatic rings. The van der Waals surface area contributed by atoms with Crippen molar-refractivity contribution >= 4 is 11.7 Å². The lowest BCUT2D eigenvalue weighted by Crippen LogP contribution is -2.57. The summed E-state index contributed by atoms with van der Waals surface area (Å²) in [6.45, 7) is 6.05. The molecular weight excluding hydrogens is 284 g/mol. The summed E-state index contributed by atoms with van der Waals surface area (Å²) in [7, 11) is 0. The summed E-state index contributed by atoms with van der Waals surface area (Å²) in [5.74, 6) is -0.151. The SMILES string of the molecule is CCC(CC)O[C@@H]1C=C(C(=O)C2CO2)C[C@H](N)[C@H]1NC(C)=O. The Morgan fingerprint density at radius 1 is 1.45 bits per heavy atom. The Hall–Kier alpha value is -1.24. The van der Waals surface area contributed by atoms with E-state index in [1.54, 1.807) is 0 Å². The molecule has 6 heteroatoms.